The molecule has 4 saturated heterocycles. The van der Waals surface area contributed by atoms with Crippen molar-refractivity contribution in [2.75, 3.05) is 39.3 Å². The maximum atomic E-state index is 13.6. The van der Waals surface area contributed by atoms with E-state index in [9.17, 15) is 9.18 Å². The highest BCUT2D eigenvalue weighted by Crippen LogP contribution is 2.23. The SMILES string of the molecule is NC1NN2CC(F)CNC2C1C(=O)NC1CNCCC1OC1CCCNC1. The number of piperidine rings is 2. The minimum absolute atomic E-state index is 0.00340. The first-order chi connectivity index (χ1) is 13.1. The molecule has 1 amide bonds. The molecule has 0 spiro atoms. The van der Waals surface area contributed by atoms with E-state index in [-0.39, 0.29) is 43.4 Å². The zero-order valence-electron chi connectivity index (χ0n) is 15.6. The highest BCUT2D eigenvalue weighted by Gasteiger charge is 2.47. The topological polar surface area (TPSA) is 116 Å². The van der Waals surface area contributed by atoms with Gasteiger partial charge in [0, 0.05) is 26.2 Å². The van der Waals surface area contributed by atoms with E-state index in [1.165, 1.54) is 0 Å². The number of halogens is 1. The van der Waals surface area contributed by atoms with Gasteiger partial charge < -0.3 is 26.4 Å². The molecule has 7 unspecified atom stereocenters. The van der Waals surface area contributed by atoms with Crippen molar-refractivity contribution in [2.45, 2.75) is 56.0 Å². The summed E-state index contributed by atoms with van der Waals surface area (Å²) >= 11 is 0. The summed E-state index contributed by atoms with van der Waals surface area (Å²) in [7, 11) is 0. The molecule has 4 rings (SSSR count). The summed E-state index contributed by atoms with van der Waals surface area (Å²) in [4.78, 5) is 13.0. The van der Waals surface area contributed by atoms with Gasteiger partial charge >= 0.3 is 0 Å². The first kappa shape index (κ1) is 19.4. The molecule has 27 heavy (non-hydrogen) atoms. The Morgan fingerprint density at radius 2 is 2.04 bits per heavy atom. The molecule has 4 heterocycles. The van der Waals surface area contributed by atoms with Crippen molar-refractivity contribution in [1.29, 1.82) is 0 Å². The zero-order valence-corrected chi connectivity index (χ0v) is 15.6. The molecular formula is C17H32FN7O2. The fourth-order valence-corrected chi connectivity index (χ4v) is 4.58. The number of hydrogen-bond donors (Lipinski definition) is 6. The Morgan fingerprint density at radius 1 is 1.19 bits per heavy atom. The number of nitrogens with one attached hydrogen (secondary N) is 5. The first-order valence-corrected chi connectivity index (χ1v) is 10.1. The molecule has 4 fully saturated rings. The summed E-state index contributed by atoms with van der Waals surface area (Å²) in [6.45, 7) is 3.96. The van der Waals surface area contributed by atoms with Crippen LogP contribution in [0.4, 0.5) is 4.39 Å². The average molecular weight is 385 g/mol. The number of carbonyl (C=O) groups excluding carboxylic acids is 1. The molecule has 9 nitrogen and oxygen atoms in total. The summed E-state index contributed by atoms with van der Waals surface area (Å²) < 4.78 is 19.9. The maximum Gasteiger partial charge on any atom is 0.229 e. The molecule has 0 aliphatic carbocycles. The van der Waals surface area contributed by atoms with Gasteiger partial charge in [-0.25, -0.2) is 14.8 Å². The average Bonchev–Trinajstić information content (AvgIpc) is 2.99. The van der Waals surface area contributed by atoms with Gasteiger partial charge in [-0.1, -0.05) is 0 Å². The number of fused-ring (bicyclic) bond motifs is 1. The van der Waals surface area contributed by atoms with Crippen LogP contribution in [0.2, 0.25) is 0 Å². The van der Waals surface area contributed by atoms with Crippen molar-refractivity contribution < 1.29 is 13.9 Å². The molecule has 0 aromatic carbocycles. The molecule has 0 aromatic heterocycles. The van der Waals surface area contributed by atoms with E-state index in [0.717, 1.165) is 38.9 Å². The van der Waals surface area contributed by atoms with E-state index in [2.05, 4.69) is 26.7 Å². The van der Waals surface area contributed by atoms with Crippen LogP contribution in [0.3, 0.4) is 0 Å². The number of alkyl halides is 1. The Bertz CT molecular complexity index is 522. The molecule has 7 N–H and O–H groups in total. The van der Waals surface area contributed by atoms with Crippen molar-refractivity contribution in [1.82, 2.24) is 31.7 Å². The number of carbonyl (C=O) groups is 1. The Labute approximate surface area is 159 Å². The number of hydrazine groups is 1. The van der Waals surface area contributed by atoms with Crippen LogP contribution in [0.15, 0.2) is 0 Å². The van der Waals surface area contributed by atoms with Crippen molar-refractivity contribution >= 4 is 5.91 Å². The van der Waals surface area contributed by atoms with E-state index >= 15 is 0 Å². The smallest absolute Gasteiger partial charge is 0.229 e. The minimum atomic E-state index is -0.966. The molecule has 4 aliphatic rings. The molecule has 0 bridgehead atoms. The summed E-state index contributed by atoms with van der Waals surface area (Å²) in [5.74, 6) is -0.590. The second-order valence-corrected chi connectivity index (χ2v) is 8.03. The van der Waals surface area contributed by atoms with Crippen LogP contribution in [-0.4, -0.2) is 86.9 Å². The Morgan fingerprint density at radius 3 is 2.85 bits per heavy atom. The molecule has 4 aliphatic heterocycles. The standard InChI is InChI=1S/C17H32FN7O2/c18-10-6-22-16-14(15(19)24-25(16)9-10)17(26)23-12-8-21-5-3-13(12)27-11-2-1-4-20-7-11/h10-16,20-22,24H,1-9,19H2,(H,23,26). The van der Waals surface area contributed by atoms with E-state index in [0.29, 0.717) is 6.54 Å². The van der Waals surface area contributed by atoms with Gasteiger partial charge in [0.2, 0.25) is 5.91 Å². The molecular weight excluding hydrogens is 353 g/mol. The predicted octanol–water partition coefficient (Wildman–Crippen LogP) is -2.41. The largest absolute Gasteiger partial charge is 0.371 e. The molecule has 154 valence electrons. The van der Waals surface area contributed by atoms with Crippen LogP contribution in [0.25, 0.3) is 0 Å². The van der Waals surface area contributed by atoms with Crippen LogP contribution in [0.5, 0.6) is 0 Å². The minimum Gasteiger partial charge on any atom is -0.371 e. The third-order valence-corrected chi connectivity index (χ3v) is 5.99. The van der Waals surface area contributed by atoms with Crippen LogP contribution < -0.4 is 32.4 Å². The van der Waals surface area contributed by atoms with Gasteiger partial charge in [0.15, 0.2) is 0 Å². The van der Waals surface area contributed by atoms with Crippen LogP contribution in [0, 0.1) is 5.92 Å². The van der Waals surface area contributed by atoms with Crippen LogP contribution in [-0.2, 0) is 9.53 Å². The van der Waals surface area contributed by atoms with Gasteiger partial charge in [-0.05, 0) is 32.4 Å². The number of hydrogen-bond acceptors (Lipinski definition) is 8. The van der Waals surface area contributed by atoms with Gasteiger partial charge in [0.25, 0.3) is 0 Å². The lowest BCUT2D eigenvalue weighted by Crippen LogP contribution is -2.61. The lowest BCUT2D eigenvalue weighted by molar-refractivity contribution is -0.130. The summed E-state index contributed by atoms with van der Waals surface area (Å²) in [5, 5.41) is 14.7. The molecule has 0 saturated carbocycles. The van der Waals surface area contributed by atoms with Gasteiger partial charge in [0.1, 0.15) is 6.17 Å². The summed E-state index contributed by atoms with van der Waals surface area (Å²) in [6, 6.07) is -0.0908. The van der Waals surface area contributed by atoms with Crippen molar-refractivity contribution in [3.8, 4) is 0 Å². The van der Waals surface area contributed by atoms with Crippen molar-refractivity contribution in [3.05, 3.63) is 0 Å². The summed E-state index contributed by atoms with van der Waals surface area (Å²) in [5.41, 5.74) is 9.17. The lowest BCUT2D eigenvalue weighted by atomic mass is 9.98. The third kappa shape index (κ3) is 4.42. The lowest BCUT2D eigenvalue weighted by Gasteiger charge is -2.38. The Hall–Kier alpha value is -0.880. The van der Waals surface area contributed by atoms with E-state index in [1.54, 1.807) is 5.01 Å². The number of nitrogens with two attached hydrogens (primary N) is 1. The van der Waals surface area contributed by atoms with E-state index in [4.69, 9.17) is 10.5 Å². The number of nitrogens with zero attached hydrogens (tertiary/aromatic N) is 1. The Balaban J connectivity index is 1.36. The Kier molecular flexibility index (Phi) is 6.22. The molecule has 10 heteroatoms. The van der Waals surface area contributed by atoms with Crippen LogP contribution >= 0.6 is 0 Å². The van der Waals surface area contributed by atoms with Crippen LogP contribution in [0.1, 0.15) is 19.3 Å². The quantitative estimate of drug-likeness (QED) is 0.317. The second-order valence-electron chi connectivity index (χ2n) is 8.03. The van der Waals surface area contributed by atoms with Gasteiger partial charge in [-0.2, -0.15) is 0 Å². The monoisotopic (exact) mass is 385 g/mol. The van der Waals surface area contributed by atoms with Crippen molar-refractivity contribution in [2.24, 2.45) is 11.7 Å². The van der Waals surface area contributed by atoms with Gasteiger partial charge in [0.05, 0.1) is 36.5 Å². The number of amides is 1. The normalized spacial score (nSPS) is 43.3. The van der Waals surface area contributed by atoms with E-state index < -0.39 is 18.3 Å². The second kappa shape index (κ2) is 8.64. The number of ether oxygens (including phenoxy) is 1. The highest BCUT2D eigenvalue weighted by atomic mass is 19.1. The molecule has 0 aromatic rings. The summed E-state index contributed by atoms with van der Waals surface area (Å²) in [6.07, 6.45) is 1.45. The third-order valence-electron chi connectivity index (χ3n) is 5.99. The zero-order chi connectivity index (χ0) is 18.8. The van der Waals surface area contributed by atoms with Crippen molar-refractivity contribution in [3.63, 3.8) is 0 Å². The van der Waals surface area contributed by atoms with Gasteiger partial charge in [-0.15, -0.1) is 0 Å². The fourth-order valence-electron chi connectivity index (χ4n) is 4.58. The highest BCUT2D eigenvalue weighted by molar-refractivity contribution is 5.80. The first-order valence-electron chi connectivity index (χ1n) is 10.1. The maximum absolute atomic E-state index is 13.6. The number of rotatable bonds is 4. The van der Waals surface area contributed by atoms with E-state index in [1.807, 2.05) is 0 Å². The predicted molar refractivity (Wildman–Crippen MR) is 98.2 cm³/mol. The fraction of sp³-hybridized carbons (Fsp3) is 0.941. The van der Waals surface area contributed by atoms with Gasteiger partial charge in [-0.3, -0.25) is 10.1 Å². The molecule has 7 atom stereocenters. The molecule has 0 radical (unpaired) electrons.